The highest BCUT2D eigenvalue weighted by atomic mass is 32.2. The van der Waals surface area contributed by atoms with Crippen LogP contribution in [0.1, 0.15) is 22.5 Å². The molecule has 22 heavy (non-hydrogen) atoms. The van der Waals surface area contributed by atoms with Gasteiger partial charge in [-0.15, -0.1) is 0 Å². The second kappa shape index (κ2) is 7.19. The van der Waals surface area contributed by atoms with E-state index in [0.717, 1.165) is 5.56 Å². The van der Waals surface area contributed by atoms with E-state index in [1.54, 1.807) is 24.3 Å². The first-order valence-electron chi connectivity index (χ1n) is 6.74. The fourth-order valence-corrected chi connectivity index (χ4v) is 2.79. The van der Waals surface area contributed by atoms with Gasteiger partial charge in [0.05, 0.1) is 11.1 Å². The largest absolute Gasteiger partial charge is 0.351 e. The van der Waals surface area contributed by atoms with Crippen LogP contribution in [-0.4, -0.2) is 32.6 Å². The lowest BCUT2D eigenvalue weighted by Gasteiger charge is -2.07. The SMILES string of the molecule is Cc1ccc(S(=O)(=O)NCCCNC(=O)c2ccno2)cc1. The Kier molecular flexibility index (Phi) is 5.29. The van der Waals surface area contributed by atoms with E-state index in [-0.39, 0.29) is 23.1 Å². The van der Waals surface area contributed by atoms with Crippen molar-refractivity contribution in [3.63, 3.8) is 0 Å². The molecule has 8 heteroatoms. The van der Waals surface area contributed by atoms with Crippen LogP contribution in [0.25, 0.3) is 0 Å². The third-order valence-corrected chi connectivity index (χ3v) is 4.40. The van der Waals surface area contributed by atoms with Crippen LogP contribution in [0.2, 0.25) is 0 Å². The first kappa shape index (κ1) is 16.2. The van der Waals surface area contributed by atoms with E-state index in [0.29, 0.717) is 13.0 Å². The molecule has 2 N–H and O–H groups in total. The third kappa shape index (κ3) is 4.40. The zero-order chi connectivity index (χ0) is 16.0. The summed E-state index contributed by atoms with van der Waals surface area (Å²) in [4.78, 5) is 11.8. The van der Waals surface area contributed by atoms with E-state index >= 15 is 0 Å². The number of sulfonamides is 1. The molecule has 0 spiro atoms. The fourth-order valence-electron chi connectivity index (χ4n) is 1.72. The zero-order valence-electron chi connectivity index (χ0n) is 12.1. The molecule has 0 aliphatic rings. The van der Waals surface area contributed by atoms with Crippen molar-refractivity contribution in [2.75, 3.05) is 13.1 Å². The molecule has 2 rings (SSSR count). The van der Waals surface area contributed by atoms with E-state index in [1.807, 2.05) is 6.92 Å². The Morgan fingerprint density at radius 1 is 1.18 bits per heavy atom. The van der Waals surface area contributed by atoms with Crippen molar-refractivity contribution in [2.45, 2.75) is 18.2 Å². The highest BCUT2D eigenvalue weighted by molar-refractivity contribution is 7.89. The Balaban J connectivity index is 1.74. The average molecular weight is 323 g/mol. The van der Waals surface area contributed by atoms with Gasteiger partial charge in [0.1, 0.15) is 0 Å². The number of carbonyl (C=O) groups is 1. The molecule has 1 aromatic carbocycles. The molecule has 0 aliphatic carbocycles. The number of hydrogen-bond donors (Lipinski definition) is 2. The Labute approximate surface area is 128 Å². The summed E-state index contributed by atoms with van der Waals surface area (Å²) < 4.78 is 31.2. The molecule has 118 valence electrons. The molecular weight excluding hydrogens is 306 g/mol. The minimum Gasteiger partial charge on any atom is -0.351 e. The zero-order valence-corrected chi connectivity index (χ0v) is 12.9. The molecule has 7 nitrogen and oxygen atoms in total. The maximum atomic E-state index is 12.0. The molecule has 1 amide bonds. The minimum atomic E-state index is -3.51. The van der Waals surface area contributed by atoms with E-state index in [4.69, 9.17) is 4.52 Å². The van der Waals surface area contributed by atoms with E-state index in [9.17, 15) is 13.2 Å². The standard InChI is InChI=1S/C14H17N3O4S/c1-11-3-5-12(6-4-11)22(19,20)17-9-2-8-15-14(18)13-7-10-16-21-13/h3-7,10,17H,2,8-9H2,1H3,(H,15,18). The van der Waals surface area contributed by atoms with Crippen LogP contribution in [-0.2, 0) is 10.0 Å². The number of nitrogens with one attached hydrogen (secondary N) is 2. The lowest BCUT2D eigenvalue weighted by Crippen LogP contribution is -2.29. The van der Waals surface area contributed by atoms with Gasteiger partial charge in [0.25, 0.3) is 5.91 Å². The van der Waals surface area contributed by atoms with E-state index in [1.165, 1.54) is 12.3 Å². The highest BCUT2D eigenvalue weighted by Gasteiger charge is 2.13. The summed E-state index contributed by atoms with van der Waals surface area (Å²) >= 11 is 0. The molecule has 1 aromatic heterocycles. The topological polar surface area (TPSA) is 101 Å². The van der Waals surface area contributed by atoms with Gasteiger partial charge in [0.15, 0.2) is 0 Å². The average Bonchev–Trinajstić information content (AvgIpc) is 3.01. The minimum absolute atomic E-state index is 0.125. The van der Waals surface area contributed by atoms with Crippen LogP contribution in [0, 0.1) is 6.92 Å². The number of aryl methyl sites for hydroxylation is 1. The third-order valence-electron chi connectivity index (χ3n) is 2.92. The van der Waals surface area contributed by atoms with Gasteiger partial charge in [0, 0.05) is 19.2 Å². The Morgan fingerprint density at radius 3 is 2.55 bits per heavy atom. The van der Waals surface area contributed by atoms with Crippen LogP contribution in [0.3, 0.4) is 0 Å². The summed E-state index contributed by atoms with van der Waals surface area (Å²) in [6.07, 6.45) is 1.84. The molecule has 0 fully saturated rings. The molecule has 0 aliphatic heterocycles. The summed E-state index contributed by atoms with van der Waals surface area (Å²) in [5.74, 6) is -0.251. The van der Waals surface area contributed by atoms with Crippen LogP contribution < -0.4 is 10.0 Å². The van der Waals surface area contributed by atoms with Crippen molar-refractivity contribution in [1.82, 2.24) is 15.2 Å². The molecular formula is C14H17N3O4S. The molecule has 0 saturated heterocycles. The van der Waals surface area contributed by atoms with Crippen LogP contribution in [0.5, 0.6) is 0 Å². The van der Waals surface area contributed by atoms with Gasteiger partial charge in [-0.05, 0) is 25.5 Å². The van der Waals surface area contributed by atoms with Gasteiger partial charge >= 0.3 is 0 Å². The number of nitrogens with zero attached hydrogens (tertiary/aromatic N) is 1. The van der Waals surface area contributed by atoms with Gasteiger partial charge in [-0.3, -0.25) is 4.79 Å². The smallest absolute Gasteiger partial charge is 0.289 e. The second-order valence-corrected chi connectivity index (χ2v) is 6.46. The van der Waals surface area contributed by atoms with Gasteiger partial charge in [-0.1, -0.05) is 22.9 Å². The quantitative estimate of drug-likeness (QED) is 0.743. The maximum Gasteiger partial charge on any atom is 0.289 e. The van der Waals surface area contributed by atoms with Crippen molar-refractivity contribution >= 4 is 15.9 Å². The summed E-state index contributed by atoms with van der Waals surface area (Å²) in [5, 5.41) is 6.04. The summed E-state index contributed by atoms with van der Waals surface area (Å²) in [7, 11) is -3.51. The molecule has 0 saturated carbocycles. The van der Waals surface area contributed by atoms with Crippen molar-refractivity contribution in [1.29, 1.82) is 0 Å². The second-order valence-electron chi connectivity index (χ2n) is 4.70. The first-order chi connectivity index (χ1) is 10.5. The summed E-state index contributed by atoms with van der Waals surface area (Å²) in [6, 6.07) is 8.06. The molecule has 0 atom stereocenters. The number of rotatable bonds is 7. The lowest BCUT2D eigenvalue weighted by molar-refractivity contribution is 0.0916. The van der Waals surface area contributed by atoms with Crippen molar-refractivity contribution < 1.29 is 17.7 Å². The number of benzene rings is 1. The van der Waals surface area contributed by atoms with Gasteiger partial charge in [-0.2, -0.15) is 0 Å². The summed E-state index contributed by atoms with van der Waals surface area (Å²) in [6.45, 7) is 2.45. The monoisotopic (exact) mass is 323 g/mol. The van der Waals surface area contributed by atoms with Crippen LogP contribution >= 0.6 is 0 Å². The lowest BCUT2D eigenvalue weighted by atomic mass is 10.2. The number of carbonyl (C=O) groups excluding carboxylic acids is 1. The molecule has 0 radical (unpaired) electrons. The van der Waals surface area contributed by atoms with Gasteiger partial charge in [0.2, 0.25) is 15.8 Å². The molecule has 1 heterocycles. The Hall–Kier alpha value is -2.19. The predicted octanol–water partition coefficient (Wildman–Crippen LogP) is 1.08. The first-order valence-corrected chi connectivity index (χ1v) is 8.22. The van der Waals surface area contributed by atoms with Crippen LogP contribution in [0.4, 0.5) is 0 Å². The predicted molar refractivity (Wildman–Crippen MR) is 79.8 cm³/mol. The fraction of sp³-hybridized carbons (Fsp3) is 0.286. The highest BCUT2D eigenvalue weighted by Crippen LogP contribution is 2.09. The Bertz CT molecular complexity index is 709. The van der Waals surface area contributed by atoms with E-state index in [2.05, 4.69) is 15.2 Å². The number of amides is 1. The summed E-state index contributed by atoms with van der Waals surface area (Å²) in [5.41, 5.74) is 0.995. The molecule has 2 aromatic rings. The molecule has 0 unspecified atom stereocenters. The maximum absolute atomic E-state index is 12.0. The normalized spacial score (nSPS) is 11.3. The number of hydrogen-bond acceptors (Lipinski definition) is 5. The van der Waals surface area contributed by atoms with Crippen molar-refractivity contribution in [3.8, 4) is 0 Å². The van der Waals surface area contributed by atoms with Gasteiger partial charge in [-0.25, -0.2) is 13.1 Å². The molecule has 0 bridgehead atoms. The van der Waals surface area contributed by atoms with E-state index < -0.39 is 10.0 Å². The Morgan fingerprint density at radius 2 is 1.91 bits per heavy atom. The number of aromatic nitrogens is 1. The van der Waals surface area contributed by atoms with Crippen LogP contribution in [0.15, 0.2) is 45.9 Å². The van der Waals surface area contributed by atoms with Crippen molar-refractivity contribution in [2.24, 2.45) is 0 Å². The van der Waals surface area contributed by atoms with Crippen molar-refractivity contribution in [3.05, 3.63) is 47.9 Å². The van der Waals surface area contributed by atoms with Gasteiger partial charge < -0.3 is 9.84 Å².